The molecule has 100 valence electrons. The standard InChI is InChI=1S/C13H26N2O2/c1-15(12-7-10-17-11-8-12)13(16)6-4-2-3-5-9-14/h12H,2-11,14H2,1H3. The zero-order valence-electron chi connectivity index (χ0n) is 11.0. The fourth-order valence-electron chi connectivity index (χ4n) is 2.23. The summed E-state index contributed by atoms with van der Waals surface area (Å²) in [5, 5.41) is 0. The zero-order valence-corrected chi connectivity index (χ0v) is 11.0. The molecule has 1 aliphatic heterocycles. The lowest BCUT2D eigenvalue weighted by molar-refractivity contribution is -0.133. The second-order valence-electron chi connectivity index (χ2n) is 4.80. The van der Waals surface area contributed by atoms with E-state index in [1.165, 1.54) is 0 Å². The lowest BCUT2D eigenvalue weighted by atomic mass is 10.1. The molecule has 0 aromatic heterocycles. The molecule has 0 aromatic rings. The van der Waals surface area contributed by atoms with Gasteiger partial charge in [-0.25, -0.2) is 0 Å². The van der Waals surface area contributed by atoms with Gasteiger partial charge >= 0.3 is 0 Å². The summed E-state index contributed by atoms with van der Waals surface area (Å²) < 4.78 is 5.31. The first-order valence-corrected chi connectivity index (χ1v) is 6.79. The van der Waals surface area contributed by atoms with Crippen LogP contribution in [0, 0.1) is 0 Å². The molecule has 1 aliphatic rings. The van der Waals surface area contributed by atoms with Gasteiger partial charge in [0.15, 0.2) is 0 Å². The minimum atomic E-state index is 0.282. The minimum Gasteiger partial charge on any atom is -0.381 e. The molecule has 0 spiro atoms. The van der Waals surface area contributed by atoms with Crippen molar-refractivity contribution in [2.75, 3.05) is 26.8 Å². The average molecular weight is 242 g/mol. The Balaban J connectivity index is 2.13. The van der Waals surface area contributed by atoms with E-state index in [9.17, 15) is 4.79 Å². The molecule has 1 saturated heterocycles. The fourth-order valence-corrected chi connectivity index (χ4v) is 2.23. The molecular formula is C13H26N2O2. The van der Waals surface area contributed by atoms with E-state index < -0.39 is 0 Å². The summed E-state index contributed by atoms with van der Waals surface area (Å²) in [6.45, 7) is 2.34. The van der Waals surface area contributed by atoms with E-state index in [2.05, 4.69) is 0 Å². The molecule has 0 atom stereocenters. The van der Waals surface area contributed by atoms with Crippen LogP contribution in [0.4, 0.5) is 0 Å². The van der Waals surface area contributed by atoms with Gasteiger partial charge in [-0.05, 0) is 32.2 Å². The molecule has 0 aliphatic carbocycles. The highest BCUT2D eigenvalue weighted by atomic mass is 16.5. The van der Waals surface area contributed by atoms with Gasteiger partial charge in [0.25, 0.3) is 0 Å². The molecule has 2 N–H and O–H groups in total. The molecule has 17 heavy (non-hydrogen) atoms. The van der Waals surface area contributed by atoms with E-state index in [-0.39, 0.29) is 5.91 Å². The molecule has 1 fully saturated rings. The second-order valence-corrected chi connectivity index (χ2v) is 4.80. The van der Waals surface area contributed by atoms with Crippen LogP contribution in [0.1, 0.15) is 44.9 Å². The van der Waals surface area contributed by atoms with Crippen LogP contribution in [-0.4, -0.2) is 43.7 Å². The van der Waals surface area contributed by atoms with Gasteiger partial charge in [-0.2, -0.15) is 0 Å². The third kappa shape index (κ3) is 5.50. The van der Waals surface area contributed by atoms with Crippen LogP contribution in [-0.2, 0) is 9.53 Å². The Bertz CT molecular complexity index is 215. The van der Waals surface area contributed by atoms with Crippen LogP contribution in [0.15, 0.2) is 0 Å². The molecule has 0 bridgehead atoms. The first-order valence-electron chi connectivity index (χ1n) is 6.79. The van der Waals surface area contributed by atoms with Crippen molar-refractivity contribution in [3.63, 3.8) is 0 Å². The largest absolute Gasteiger partial charge is 0.381 e. The third-order valence-electron chi connectivity index (χ3n) is 3.48. The van der Waals surface area contributed by atoms with Gasteiger partial charge in [0.1, 0.15) is 0 Å². The number of carbonyl (C=O) groups is 1. The number of carbonyl (C=O) groups excluding carboxylic acids is 1. The topological polar surface area (TPSA) is 55.6 Å². The fraction of sp³-hybridized carbons (Fsp3) is 0.923. The van der Waals surface area contributed by atoms with Crippen LogP contribution in [0.5, 0.6) is 0 Å². The van der Waals surface area contributed by atoms with Crippen molar-refractivity contribution >= 4 is 5.91 Å². The normalized spacial score (nSPS) is 17.1. The highest BCUT2D eigenvalue weighted by Gasteiger charge is 2.21. The Morgan fingerprint density at radius 2 is 1.88 bits per heavy atom. The number of nitrogens with two attached hydrogens (primary N) is 1. The smallest absolute Gasteiger partial charge is 0.222 e. The van der Waals surface area contributed by atoms with Gasteiger partial charge in [0.05, 0.1) is 0 Å². The summed E-state index contributed by atoms with van der Waals surface area (Å²) in [5.74, 6) is 0.282. The second kappa shape index (κ2) is 8.48. The van der Waals surface area contributed by atoms with E-state index in [0.717, 1.165) is 58.3 Å². The summed E-state index contributed by atoms with van der Waals surface area (Å²) in [5.41, 5.74) is 5.43. The van der Waals surface area contributed by atoms with Gasteiger partial charge in [-0.3, -0.25) is 4.79 Å². The van der Waals surface area contributed by atoms with Gasteiger partial charge in [-0.15, -0.1) is 0 Å². The Kier molecular flexibility index (Phi) is 7.21. The van der Waals surface area contributed by atoms with Crippen LogP contribution in [0.3, 0.4) is 0 Å². The molecule has 4 nitrogen and oxygen atoms in total. The first-order chi connectivity index (χ1) is 8.25. The maximum Gasteiger partial charge on any atom is 0.222 e. The van der Waals surface area contributed by atoms with Crippen LogP contribution >= 0.6 is 0 Å². The number of hydrogen-bond acceptors (Lipinski definition) is 3. The Morgan fingerprint density at radius 1 is 1.24 bits per heavy atom. The van der Waals surface area contributed by atoms with Crippen molar-refractivity contribution in [1.29, 1.82) is 0 Å². The third-order valence-corrected chi connectivity index (χ3v) is 3.48. The number of rotatable bonds is 7. The van der Waals surface area contributed by atoms with Crippen LogP contribution in [0.2, 0.25) is 0 Å². The summed E-state index contributed by atoms with van der Waals surface area (Å²) in [4.78, 5) is 13.9. The predicted octanol–water partition coefficient (Wildman–Crippen LogP) is 1.53. The highest BCUT2D eigenvalue weighted by Crippen LogP contribution is 2.14. The van der Waals surface area contributed by atoms with Crippen LogP contribution in [0.25, 0.3) is 0 Å². The van der Waals surface area contributed by atoms with E-state index >= 15 is 0 Å². The monoisotopic (exact) mass is 242 g/mol. The Morgan fingerprint density at radius 3 is 2.53 bits per heavy atom. The molecule has 1 rings (SSSR count). The SMILES string of the molecule is CN(C(=O)CCCCCCN)C1CCOCC1. The zero-order chi connectivity index (χ0) is 12.5. The molecular weight excluding hydrogens is 216 g/mol. The van der Waals surface area contributed by atoms with Gasteiger partial charge < -0.3 is 15.4 Å². The highest BCUT2D eigenvalue weighted by molar-refractivity contribution is 5.76. The molecule has 0 unspecified atom stereocenters. The quantitative estimate of drug-likeness (QED) is 0.689. The van der Waals surface area contributed by atoms with E-state index in [1.54, 1.807) is 0 Å². The van der Waals surface area contributed by atoms with Gasteiger partial charge in [0, 0.05) is 32.7 Å². The number of nitrogens with zero attached hydrogens (tertiary/aromatic N) is 1. The van der Waals surface area contributed by atoms with Crippen molar-refractivity contribution in [2.24, 2.45) is 5.73 Å². The van der Waals surface area contributed by atoms with Crippen LogP contribution < -0.4 is 5.73 Å². The molecule has 1 amide bonds. The molecule has 1 heterocycles. The van der Waals surface area contributed by atoms with Crippen molar-refractivity contribution in [3.05, 3.63) is 0 Å². The van der Waals surface area contributed by atoms with E-state index in [4.69, 9.17) is 10.5 Å². The molecule has 0 aromatic carbocycles. The van der Waals surface area contributed by atoms with Crippen molar-refractivity contribution in [1.82, 2.24) is 4.90 Å². The number of amides is 1. The maximum atomic E-state index is 11.9. The predicted molar refractivity (Wildman–Crippen MR) is 68.8 cm³/mol. The van der Waals surface area contributed by atoms with Crippen molar-refractivity contribution < 1.29 is 9.53 Å². The molecule has 4 heteroatoms. The summed E-state index contributed by atoms with van der Waals surface area (Å²) in [6, 6.07) is 0.389. The average Bonchev–Trinajstić information content (AvgIpc) is 2.38. The van der Waals surface area contributed by atoms with E-state index in [0.29, 0.717) is 12.5 Å². The number of unbranched alkanes of at least 4 members (excludes halogenated alkanes) is 3. The summed E-state index contributed by atoms with van der Waals surface area (Å²) in [7, 11) is 1.93. The van der Waals surface area contributed by atoms with Crippen molar-refractivity contribution in [3.8, 4) is 0 Å². The Hall–Kier alpha value is -0.610. The van der Waals surface area contributed by atoms with E-state index in [1.807, 2.05) is 11.9 Å². The maximum absolute atomic E-state index is 11.9. The lowest BCUT2D eigenvalue weighted by Crippen LogP contribution is -2.40. The lowest BCUT2D eigenvalue weighted by Gasteiger charge is -2.31. The summed E-state index contributed by atoms with van der Waals surface area (Å²) in [6.07, 6.45) is 6.97. The van der Waals surface area contributed by atoms with Crippen molar-refractivity contribution in [2.45, 2.75) is 51.0 Å². The molecule has 0 radical (unpaired) electrons. The summed E-state index contributed by atoms with van der Waals surface area (Å²) >= 11 is 0. The first kappa shape index (κ1) is 14.5. The Labute approximate surface area is 104 Å². The number of hydrogen-bond donors (Lipinski definition) is 1. The molecule has 0 saturated carbocycles. The number of ether oxygens (including phenoxy) is 1. The van der Waals surface area contributed by atoms with Gasteiger partial charge in [0.2, 0.25) is 5.91 Å². The van der Waals surface area contributed by atoms with Gasteiger partial charge in [-0.1, -0.05) is 12.8 Å². The minimum absolute atomic E-state index is 0.282.